The van der Waals surface area contributed by atoms with Crippen molar-refractivity contribution in [1.29, 1.82) is 0 Å². The molecule has 100 valence electrons. The fourth-order valence-corrected chi connectivity index (χ4v) is 2.16. The van der Waals surface area contributed by atoms with Crippen LogP contribution in [0.25, 0.3) is 0 Å². The van der Waals surface area contributed by atoms with E-state index in [1.54, 1.807) is 6.07 Å². The van der Waals surface area contributed by atoms with E-state index in [1.165, 1.54) is 6.42 Å². The quantitative estimate of drug-likeness (QED) is 0.864. The molecule has 0 amide bonds. The van der Waals surface area contributed by atoms with Crippen molar-refractivity contribution >= 4 is 17.3 Å². The third kappa shape index (κ3) is 3.22. The Balaban J connectivity index is 2.00. The van der Waals surface area contributed by atoms with Crippen LogP contribution in [0.2, 0.25) is 5.02 Å². The largest absolute Gasteiger partial charge is 0.454 e. The predicted molar refractivity (Wildman–Crippen MR) is 74.7 cm³/mol. The summed E-state index contributed by atoms with van der Waals surface area (Å²) in [7, 11) is 0. The highest BCUT2D eigenvalue weighted by Crippen LogP contribution is 2.39. The standard InChI is InChI=1S/C14H20ClNO2/c1-9(2)4-5-10(3)16-12-7-14-13(6-11(12)15)17-8-18-14/h6-7,9-10,16H,4-5,8H2,1-3H3. The zero-order valence-corrected chi connectivity index (χ0v) is 11.9. The fraction of sp³-hybridized carbons (Fsp3) is 0.571. The van der Waals surface area contributed by atoms with Crippen molar-refractivity contribution in [2.24, 2.45) is 5.92 Å². The average Bonchev–Trinajstić information content (AvgIpc) is 2.74. The first-order valence-corrected chi connectivity index (χ1v) is 6.79. The number of rotatable bonds is 5. The molecule has 1 heterocycles. The SMILES string of the molecule is CC(C)CCC(C)Nc1cc2c(cc1Cl)OCO2. The molecule has 0 saturated carbocycles. The maximum atomic E-state index is 6.22. The predicted octanol–water partition coefficient (Wildman–Crippen LogP) is 4.31. The van der Waals surface area contributed by atoms with Gasteiger partial charge in [0, 0.05) is 18.2 Å². The molecule has 1 aliphatic heterocycles. The molecule has 0 aromatic heterocycles. The van der Waals surface area contributed by atoms with Gasteiger partial charge in [0.15, 0.2) is 11.5 Å². The van der Waals surface area contributed by atoms with E-state index in [0.29, 0.717) is 11.1 Å². The molecule has 1 atom stereocenters. The lowest BCUT2D eigenvalue weighted by atomic mass is 10.0. The van der Waals surface area contributed by atoms with Crippen molar-refractivity contribution in [2.75, 3.05) is 12.1 Å². The number of anilines is 1. The summed E-state index contributed by atoms with van der Waals surface area (Å²) in [5.41, 5.74) is 0.914. The molecule has 0 aliphatic carbocycles. The lowest BCUT2D eigenvalue weighted by molar-refractivity contribution is 0.174. The van der Waals surface area contributed by atoms with Gasteiger partial charge < -0.3 is 14.8 Å². The Morgan fingerprint density at radius 1 is 1.17 bits per heavy atom. The van der Waals surface area contributed by atoms with Crippen LogP contribution in [0.15, 0.2) is 12.1 Å². The van der Waals surface area contributed by atoms with E-state index in [0.717, 1.165) is 29.5 Å². The summed E-state index contributed by atoms with van der Waals surface area (Å²) in [6.45, 7) is 6.92. The van der Waals surface area contributed by atoms with Crippen molar-refractivity contribution in [3.8, 4) is 11.5 Å². The second-order valence-corrected chi connectivity index (χ2v) is 5.61. The molecule has 0 spiro atoms. The summed E-state index contributed by atoms with van der Waals surface area (Å²) in [5, 5.41) is 4.10. The van der Waals surface area contributed by atoms with Gasteiger partial charge in [0.25, 0.3) is 0 Å². The lowest BCUT2D eigenvalue weighted by Gasteiger charge is -2.17. The molecule has 3 nitrogen and oxygen atoms in total. The molecule has 1 aliphatic rings. The van der Waals surface area contributed by atoms with E-state index < -0.39 is 0 Å². The molecule has 0 fully saturated rings. The van der Waals surface area contributed by atoms with Gasteiger partial charge in [-0.3, -0.25) is 0 Å². The van der Waals surface area contributed by atoms with Gasteiger partial charge in [0.05, 0.1) is 10.7 Å². The van der Waals surface area contributed by atoms with Crippen LogP contribution in [0.4, 0.5) is 5.69 Å². The van der Waals surface area contributed by atoms with Crippen LogP contribution < -0.4 is 14.8 Å². The smallest absolute Gasteiger partial charge is 0.231 e. The fourth-order valence-electron chi connectivity index (χ4n) is 1.95. The minimum atomic E-state index is 0.276. The third-order valence-corrected chi connectivity index (χ3v) is 3.35. The summed E-state index contributed by atoms with van der Waals surface area (Å²) in [6.07, 6.45) is 2.33. The van der Waals surface area contributed by atoms with Crippen LogP contribution in [-0.2, 0) is 0 Å². The second kappa shape index (κ2) is 5.70. The zero-order valence-electron chi connectivity index (χ0n) is 11.1. The molecule has 1 unspecified atom stereocenters. The van der Waals surface area contributed by atoms with Crippen LogP contribution >= 0.6 is 11.6 Å². The minimum Gasteiger partial charge on any atom is -0.454 e. The van der Waals surface area contributed by atoms with Crippen LogP contribution in [0.5, 0.6) is 11.5 Å². The molecular weight excluding hydrogens is 250 g/mol. The molecule has 0 saturated heterocycles. The molecule has 0 bridgehead atoms. The number of nitrogens with one attached hydrogen (secondary N) is 1. The van der Waals surface area contributed by atoms with Crippen LogP contribution in [0.1, 0.15) is 33.6 Å². The van der Waals surface area contributed by atoms with E-state index in [-0.39, 0.29) is 6.79 Å². The highest BCUT2D eigenvalue weighted by molar-refractivity contribution is 6.33. The summed E-state index contributed by atoms with van der Waals surface area (Å²) in [4.78, 5) is 0. The Bertz CT molecular complexity index is 421. The van der Waals surface area contributed by atoms with E-state index >= 15 is 0 Å². The van der Waals surface area contributed by atoms with Gasteiger partial charge in [-0.15, -0.1) is 0 Å². The molecule has 18 heavy (non-hydrogen) atoms. The first-order chi connectivity index (χ1) is 8.56. The van der Waals surface area contributed by atoms with E-state index in [4.69, 9.17) is 21.1 Å². The highest BCUT2D eigenvalue weighted by Gasteiger charge is 2.17. The third-order valence-electron chi connectivity index (χ3n) is 3.04. The number of ether oxygens (including phenoxy) is 2. The number of halogens is 1. The van der Waals surface area contributed by atoms with Gasteiger partial charge in [-0.05, 0) is 25.7 Å². The molecule has 4 heteroatoms. The van der Waals surface area contributed by atoms with Crippen molar-refractivity contribution in [1.82, 2.24) is 0 Å². The van der Waals surface area contributed by atoms with Gasteiger partial charge >= 0.3 is 0 Å². The lowest BCUT2D eigenvalue weighted by Crippen LogP contribution is -2.16. The summed E-state index contributed by atoms with van der Waals surface area (Å²) in [5.74, 6) is 2.21. The second-order valence-electron chi connectivity index (χ2n) is 5.20. The molecular formula is C14H20ClNO2. The molecule has 1 aromatic carbocycles. The normalized spacial score (nSPS) is 14.9. The Morgan fingerprint density at radius 2 is 1.83 bits per heavy atom. The van der Waals surface area contributed by atoms with Crippen molar-refractivity contribution in [3.05, 3.63) is 17.2 Å². The van der Waals surface area contributed by atoms with Crippen molar-refractivity contribution in [2.45, 2.75) is 39.7 Å². The van der Waals surface area contributed by atoms with Crippen LogP contribution in [0.3, 0.4) is 0 Å². The van der Waals surface area contributed by atoms with E-state index in [1.807, 2.05) is 6.07 Å². The Kier molecular flexibility index (Phi) is 4.23. The number of fused-ring (bicyclic) bond motifs is 1. The zero-order chi connectivity index (χ0) is 13.1. The molecule has 2 rings (SSSR count). The topological polar surface area (TPSA) is 30.5 Å². The summed E-state index contributed by atoms with van der Waals surface area (Å²) >= 11 is 6.22. The van der Waals surface area contributed by atoms with E-state index in [2.05, 4.69) is 26.1 Å². The minimum absolute atomic E-state index is 0.276. The Labute approximate surface area is 113 Å². The number of benzene rings is 1. The maximum Gasteiger partial charge on any atom is 0.231 e. The Morgan fingerprint density at radius 3 is 2.50 bits per heavy atom. The first-order valence-electron chi connectivity index (χ1n) is 6.42. The number of hydrogen-bond acceptors (Lipinski definition) is 3. The van der Waals surface area contributed by atoms with E-state index in [9.17, 15) is 0 Å². The van der Waals surface area contributed by atoms with Crippen LogP contribution in [0, 0.1) is 5.92 Å². The monoisotopic (exact) mass is 269 g/mol. The molecule has 1 aromatic rings. The number of hydrogen-bond donors (Lipinski definition) is 1. The van der Waals surface area contributed by atoms with Gasteiger partial charge in [0.2, 0.25) is 6.79 Å². The average molecular weight is 270 g/mol. The van der Waals surface area contributed by atoms with Gasteiger partial charge in [-0.1, -0.05) is 25.4 Å². The van der Waals surface area contributed by atoms with Gasteiger partial charge in [-0.25, -0.2) is 0 Å². The highest BCUT2D eigenvalue weighted by atomic mass is 35.5. The van der Waals surface area contributed by atoms with Gasteiger partial charge in [-0.2, -0.15) is 0 Å². The summed E-state index contributed by atoms with van der Waals surface area (Å²) in [6, 6.07) is 4.11. The van der Waals surface area contributed by atoms with Gasteiger partial charge in [0.1, 0.15) is 0 Å². The van der Waals surface area contributed by atoms with Crippen molar-refractivity contribution in [3.63, 3.8) is 0 Å². The van der Waals surface area contributed by atoms with Crippen molar-refractivity contribution < 1.29 is 9.47 Å². The van der Waals surface area contributed by atoms with Crippen LogP contribution in [-0.4, -0.2) is 12.8 Å². The first kappa shape index (κ1) is 13.3. The molecule has 1 N–H and O–H groups in total. The summed E-state index contributed by atoms with van der Waals surface area (Å²) < 4.78 is 10.6. The maximum absolute atomic E-state index is 6.22. The Hall–Kier alpha value is -1.09. The molecule has 0 radical (unpaired) electrons.